The summed E-state index contributed by atoms with van der Waals surface area (Å²) in [5.41, 5.74) is 0.959. The van der Waals surface area contributed by atoms with Gasteiger partial charge in [0, 0.05) is 18.2 Å². The van der Waals surface area contributed by atoms with Crippen molar-refractivity contribution in [3.63, 3.8) is 0 Å². The van der Waals surface area contributed by atoms with Gasteiger partial charge in [0.2, 0.25) is 0 Å². The largest absolute Gasteiger partial charge is 0.300 e. The average molecular weight is 272 g/mol. The molecule has 0 amide bonds. The van der Waals surface area contributed by atoms with Gasteiger partial charge >= 0.3 is 0 Å². The van der Waals surface area contributed by atoms with Gasteiger partial charge in [-0.1, -0.05) is 11.6 Å². The molecule has 0 radical (unpaired) electrons. The smallest absolute Gasteiger partial charge is 0.130 e. The molecule has 0 N–H and O–H groups in total. The fraction of sp³-hybridized carbons (Fsp3) is 0.273. The molecular weight excluding hydrogens is 262 g/mol. The van der Waals surface area contributed by atoms with Gasteiger partial charge in [0.25, 0.3) is 0 Å². The van der Waals surface area contributed by atoms with Gasteiger partial charge in [-0.3, -0.25) is 0 Å². The highest BCUT2D eigenvalue weighted by Gasteiger charge is 2.07. The molecule has 0 aliphatic rings. The number of nitrogens with zero attached hydrogens (tertiary/aromatic N) is 1. The fourth-order valence-electron chi connectivity index (χ4n) is 1.27. The summed E-state index contributed by atoms with van der Waals surface area (Å²) in [6.07, 6.45) is 1.30. The third kappa shape index (κ3) is 2.90. The number of aryl methyl sites for hydroxylation is 1. The Labute approximate surface area is 107 Å². The van der Waals surface area contributed by atoms with Crippen LogP contribution in [0.4, 0.5) is 0 Å². The van der Waals surface area contributed by atoms with Crippen LogP contribution in [0.3, 0.4) is 0 Å². The van der Waals surface area contributed by atoms with Gasteiger partial charge in [-0.15, -0.1) is 22.7 Å². The van der Waals surface area contributed by atoms with Crippen molar-refractivity contribution in [1.82, 2.24) is 4.98 Å². The van der Waals surface area contributed by atoms with Gasteiger partial charge in [0.15, 0.2) is 0 Å². The van der Waals surface area contributed by atoms with Crippen molar-refractivity contribution in [3.8, 4) is 10.6 Å². The highest BCUT2D eigenvalue weighted by molar-refractivity contribution is 7.19. The summed E-state index contributed by atoms with van der Waals surface area (Å²) < 4.78 is 0.772. The van der Waals surface area contributed by atoms with Crippen molar-refractivity contribution in [2.24, 2.45) is 0 Å². The molecule has 0 unspecified atom stereocenters. The van der Waals surface area contributed by atoms with E-state index in [2.05, 4.69) is 4.98 Å². The number of hydrogen-bond donors (Lipinski definition) is 0. The van der Waals surface area contributed by atoms with E-state index in [1.165, 1.54) is 11.3 Å². The van der Waals surface area contributed by atoms with Crippen molar-refractivity contribution < 1.29 is 4.79 Å². The van der Waals surface area contributed by atoms with Crippen molar-refractivity contribution in [2.45, 2.75) is 19.8 Å². The monoisotopic (exact) mass is 271 g/mol. The third-order valence-electron chi connectivity index (χ3n) is 2.07. The Morgan fingerprint density at radius 1 is 1.50 bits per heavy atom. The van der Waals surface area contributed by atoms with Gasteiger partial charge in [-0.2, -0.15) is 0 Å². The lowest BCUT2D eigenvalue weighted by Gasteiger charge is -1.91. The molecule has 2 nitrogen and oxygen atoms in total. The zero-order valence-electron chi connectivity index (χ0n) is 8.70. The van der Waals surface area contributed by atoms with E-state index >= 15 is 0 Å². The average Bonchev–Trinajstić information content (AvgIpc) is 2.83. The summed E-state index contributed by atoms with van der Waals surface area (Å²) in [4.78, 5) is 16.4. The van der Waals surface area contributed by atoms with Crippen LogP contribution in [0.1, 0.15) is 18.4 Å². The highest BCUT2D eigenvalue weighted by Crippen LogP contribution is 2.31. The van der Waals surface area contributed by atoms with Crippen molar-refractivity contribution >= 4 is 40.1 Å². The second kappa shape index (κ2) is 5.08. The molecule has 84 valence electrons. The molecule has 0 aliphatic carbocycles. The number of carbonyl (C=O) groups is 1. The number of halogens is 1. The number of hydrogen-bond acceptors (Lipinski definition) is 4. The van der Waals surface area contributed by atoms with Crippen LogP contribution in [-0.2, 0) is 11.2 Å². The summed E-state index contributed by atoms with van der Waals surface area (Å²) in [7, 11) is 0. The number of ketones is 1. The molecular formula is C11H10ClNOS2. The van der Waals surface area contributed by atoms with Gasteiger partial charge in [-0.05, 0) is 19.1 Å². The number of thiazole rings is 1. The topological polar surface area (TPSA) is 30.0 Å². The molecule has 0 spiro atoms. The van der Waals surface area contributed by atoms with Crippen LogP contribution in [-0.4, -0.2) is 10.8 Å². The SMILES string of the molecule is CC(=O)CCc1nc(-c2ccc(Cl)s2)cs1. The maximum atomic E-state index is 10.9. The van der Waals surface area contributed by atoms with Crippen LogP contribution >= 0.6 is 34.3 Å². The molecule has 0 fully saturated rings. The Morgan fingerprint density at radius 2 is 2.31 bits per heavy atom. The number of Topliss-reactive ketones (excluding diaryl/α,β-unsaturated/α-hetero) is 1. The number of carbonyl (C=O) groups excluding carboxylic acids is 1. The first-order chi connectivity index (χ1) is 7.65. The highest BCUT2D eigenvalue weighted by atomic mass is 35.5. The third-order valence-corrected chi connectivity index (χ3v) is 4.23. The lowest BCUT2D eigenvalue weighted by molar-refractivity contribution is -0.116. The predicted octanol–water partition coefficient (Wildman–Crippen LogP) is 4.05. The van der Waals surface area contributed by atoms with E-state index in [0.29, 0.717) is 6.42 Å². The molecule has 0 bridgehead atoms. The number of rotatable bonds is 4. The van der Waals surface area contributed by atoms with Crippen LogP contribution in [0, 0.1) is 0 Å². The zero-order chi connectivity index (χ0) is 11.5. The molecule has 0 aromatic carbocycles. The second-order valence-electron chi connectivity index (χ2n) is 3.43. The van der Waals surface area contributed by atoms with Crippen LogP contribution < -0.4 is 0 Å². The maximum Gasteiger partial charge on any atom is 0.130 e. The van der Waals surface area contributed by atoms with Crippen LogP contribution in [0.15, 0.2) is 17.5 Å². The quantitative estimate of drug-likeness (QED) is 0.840. The molecule has 5 heteroatoms. The molecule has 2 aromatic heterocycles. The van der Waals surface area contributed by atoms with E-state index < -0.39 is 0 Å². The van der Waals surface area contributed by atoms with Gasteiger partial charge < -0.3 is 4.79 Å². The minimum Gasteiger partial charge on any atom is -0.300 e. The second-order valence-corrected chi connectivity index (χ2v) is 6.09. The van der Waals surface area contributed by atoms with Crippen LogP contribution in [0.25, 0.3) is 10.6 Å². The molecule has 2 rings (SSSR count). The van der Waals surface area contributed by atoms with E-state index in [1.54, 1.807) is 18.3 Å². The van der Waals surface area contributed by atoms with E-state index in [1.807, 2.05) is 17.5 Å². The normalized spacial score (nSPS) is 10.6. The van der Waals surface area contributed by atoms with Crippen molar-refractivity contribution in [1.29, 1.82) is 0 Å². The van der Waals surface area contributed by atoms with Gasteiger partial charge in [0.05, 0.1) is 19.9 Å². The number of aromatic nitrogens is 1. The molecule has 2 aromatic rings. The fourth-order valence-corrected chi connectivity index (χ4v) is 3.15. The molecule has 2 heterocycles. The summed E-state index contributed by atoms with van der Waals surface area (Å²) in [5.74, 6) is 0.205. The van der Waals surface area contributed by atoms with E-state index in [-0.39, 0.29) is 5.78 Å². The Balaban J connectivity index is 2.10. The molecule has 0 aliphatic heterocycles. The minimum absolute atomic E-state index is 0.205. The Morgan fingerprint density at radius 3 is 2.94 bits per heavy atom. The summed E-state index contributed by atoms with van der Waals surface area (Å²) in [6.45, 7) is 1.60. The molecule has 0 saturated carbocycles. The van der Waals surface area contributed by atoms with E-state index in [9.17, 15) is 4.79 Å². The first kappa shape index (κ1) is 11.8. The first-order valence-electron chi connectivity index (χ1n) is 4.84. The lowest BCUT2D eigenvalue weighted by atomic mass is 10.2. The maximum absolute atomic E-state index is 10.9. The van der Waals surface area contributed by atoms with Crippen molar-refractivity contribution in [2.75, 3.05) is 0 Å². The van der Waals surface area contributed by atoms with E-state index in [4.69, 9.17) is 11.6 Å². The van der Waals surface area contributed by atoms with E-state index in [0.717, 1.165) is 26.3 Å². The molecule has 16 heavy (non-hydrogen) atoms. The summed E-state index contributed by atoms with van der Waals surface area (Å²) in [5, 5.41) is 3.02. The van der Waals surface area contributed by atoms with Gasteiger partial charge in [-0.25, -0.2) is 4.98 Å². The predicted molar refractivity (Wildman–Crippen MR) is 69.4 cm³/mol. The molecule has 0 atom stereocenters. The van der Waals surface area contributed by atoms with Crippen LogP contribution in [0.5, 0.6) is 0 Å². The van der Waals surface area contributed by atoms with Crippen LogP contribution in [0.2, 0.25) is 4.34 Å². The first-order valence-corrected chi connectivity index (χ1v) is 6.92. The molecule has 0 saturated heterocycles. The van der Waals surface area contributed by atoms with Gasteiger partial charge in [0.1, 0.15) is 5.78 Å². The van der Waals surface area contributed by atoms with Crippen molar-refractivity contribution in [3.05, 3.63) is 26.9 Å². The minimum atomic E-state index is 0.205. The lowest BCUT2D eigenvalue weighted by Crippen LogP contribution is -1.93. The number of thiophene rings is 1. The Bertz CT molecular complexity index is 504. The Hall–Kier alpha value is -0.710. The Kier molecular flexibility index (Phi) is 3.74. The summed E-state index contributed by atoms with van der Waals surface area (Å²) in [6, 6.07) is 3.84. The standard InChI is InChI=1S/C11H10ClNOS2/c1-7(14)2-5-11-13-8(6-15-11)9-3-4-10(12)16-9/h3-4,6H,2,5H2,1H3. The summed E-state index contributed by atoms with van der Waals surface area (Å²) >= 11 is 8.99. The zero-order valence-corrected chi connectivity index (χ0v) is 11.1.